The Morgan fingerprint density at radius 3 is 2.34 bits per heavy atom. The number of carbonyl (C=O) groups is 1. The molecule has 2 heterocycles. The zero-order chi connectivity index (χ0) is 22.5. The molecule has 0 unspecified atom stereocenters. The second kappa shape index (κ2) is 10.2. The van der Waals surface area contributed by atoms with E-state index in [-0.39, 0.29) is 36.7 Å². The van der Waals surface area contributed by atoms with E-state index in [2.05, 4.69) is 46.3 Å². The van der Waals surface area contributed by atoms with Crippen LogP contribution < -0.4 is 5.32 Å². The van der Waals surface area contributed by atoms with Crippen molar-refractivity contribution < 1.29 is 9.90 Å². The van der Waals surface area contributed by atoms with Gasteiger partial charge in [0.15, 0.2) is 0 Å². The third kappa shape index (κ3) is 4.98. The monoisotopic (exact) mass is 431 g/mol. The summed E-state index contributed by atoms with van der Waals surface area (Å²) in [4.78, 5) is 17.1. The van der Waals surface area contributed by atoms with E-state index < -0.39 is 0 Å². The van der Waals surface area contributed by atoms with Crippen LogP contribution in [0, 0.1) is 11.8 Å². The van der Waals surface area contributed by atoms with Crippen molar-refractivity contribution in [1.82, 2.24) is 15.1 Å². The lowest BCUT2D eigenvalue weighted by Gasteiger charge is -2.57. The lowest BCUT2D eigenvalue weighted by atomic mass is 9.74. The molecule has 32 heavy (non-hydrogen) atoms. The molecule has 5 nitrogen and oxygen atoms in total. The van der Waals surface area contributed by atoms with Crippen LogP contribution in [0.2, 0.25) is 0 Å². The van der Waals surface area contributed by atoms with Gasteiger partial charge in [-0.1, -0.05) is 42.2 Å². The first kappa shape index (κ1) is 22.4. The van der Waals surface area contributed by atoms with E-state index in [1.54, 1.807) is 0 Å². The summed E-state index contributed by atoms with van der Waals surface area (Å²) in [5.41, 5.74) is 3.19. The molecule has 0 saturated carbocycles. The summed E-state index contributed by atoms with van der Waals surface area (Å²) < 4.78 is 0. The fraction of sp³-hybridized carbons (Fsp3) is 0.444. The van der Waals surface area contributed by atoms with Gasteiger partial charge in [-0.05, 0) is 63.1 Å². The molecule has 0 aromatic heterocycles. The largest absolute Gasteiger partial charge is 0.395 e. The van der Waals surface area contributed by atoms with Gasteiger partial charge in [-0.15, -0.1) is 0 Å². The van der Waals surface area contributed by atoms with E-state index in [9.17, 15) is 9.90 Å². The molecular weight excluding hydrogens is 398 g/mol. The van der Waals surface area contributed by atoms with Crippen molar-refractivity contribution >= 4 is 6.03 Å². The molecule has 2 aliphatic rings. The Balaban J connectivity index is 1.51. The SMILES string of the molecule is CC(C)NC(=O)N1CCCCN2[C@H](CO)[C@H](c3ccc(C#Cc4ccccc4)cc3)[C@@H]2C1. The van der Waals surface area contributed by atoms with Gasteiger partial charge in [-0.3, -0.25) is 4.90 Å². The van der Waals surface area contributed by atoms with Crippen LogP contribution in [0.5, 0.6) is 0 Å². The zero-order valence-electron chi connectivity index (χ0n) is 19.0. The average Bonchev–Trinajstić information content (AvgIpc) is 2.77. The maximum absolute atomic E-state index is 12.7. The van der Waals surface area contributed by atoms with E-state index in [1.807, 2.05) is 49.1 Å². The van der Waals surface area contributed by atoms with Gasteiger partial charge in [0.2, 0.25) is 0 Å². The second-order valence-corrected chi connectivity index (χ2v) is 9.08. The molecular formula is C27H33N3O2. The van der Waals surface area contributed by atoms with Gasteiger partial charge in [0.1, 0.15) is 0 Å². The maximum atomic E-state index is 12.7. The predicted molar refractivity (Wildman–Crippen MR) is 127 cm³/mol. The number of hydrogen-bond acceptors (Lipinski definition) is 3. The molecule has 2 amide bonds. The molecule has 0 spiro atoms. The minimum absolute atomic E-state index is 0.0135. The van der Waals surface area contributed by atoms with Crippen molar-refractivity contribution in [2.24, 2.45) is 0 Å². The second-order valence-electron chi connectivity index (χ2n) is 9.08. The van der Waals surface area contributed by atoms with Crippen LogP contribution in [-0.4, -0.2) is 65.3 Å². The Hall–Kier alpha value is -2.81. The number of benzene rings is 2. The molecule has 5 heteroatoms. The van der Waals surface area contributed by atoms with E-state index in [0.29, 0.717) is 6.54 Å². The van der Waals surface area contributed by atoms with Gasteiger partial charge in [-0.2, -0.15) is 0 Å². The number of aliphatic hydroxyl groups is 1. The molecule has 2 saturated heterocycles. The Morgan fingerprint density at radius 1 is 1.03 bits per heavy atom. The summed E-state index contributed by atoms with van der Waals surface area (Å²) in [6.07, 6.45) is 2.03. The topological polar surface area (TPSA) is 55.8 Å². The molecule has 0 aliphatic carbocycles. The average molecular weight is 432 g/mol. The minimum atomic E-state index is 0.0135. The highest BCUT2D eigenvalue weighted by Gasteiger charge is 2.49. The summed E-state index contributed by atoms with van der Waals surface area (Å²) >= 11 is 0. The first-order valence-corrected chi connectivity index (χ1v) is 11.7. The van der Waals surface area contributed by atoms with Crippen LogP contribution in [0.25, 0.3) is 0 Å². The fourth-order valence-electron chi connectivity index (χ4n) is 4.92. The van der Waals surface area contributed by atoms with E-state index in [1.165, 1.54) is 5.56 Å². The van der Waals surface area contributed by atoms with E-state index >= 15 is 0 Å². The van der Waals surface area contributed by atoms with Crippen LogP contribution in [0.4, 0.5) is 4.79 Å². The van der Waals surface area contributed by atoms with Crippen molar-refractivity contribution in [3.05, 3.63) is 71.3 Å². The highest BCUT2D eigenvalue weighted by molar-refractivity contribution is 5.74. The van der Waals surface area contributed by atoms with E-state index in [0.717, 1.165) is 37.1 Å². The van der Waals surface area contributed by atoms with Gasteiger partial charge >= 0.3 is 6.03 Å². The van der Waals surface area contributed by atoms with Crippen LogP contribution in [-0.2, 0) is 0 Å². The van der Waals surface area contributed by atoms with Crippen molar-refractivity contribution in [3.63, 3.8) is 0 Å². The number of nitrogens with one attached hydrogen (secondary N) is 1. The van der Waals surface area contributed by atoms with Crippen molar-refractivity contribution in [3.8, 4) is 11.8 Å². The van der Waals surface area contributed by atoms with Crippen molar-refractivity contribution in [1.29, 1.82) is 0 Å². The Morgan fingerprint density at radius 2 is 1.69 bits per heavy atom. The summed E-state index contributed by atoms with van der Waals surface area (Å²) in [5.74, 6) is 6.65. The lowest BCUT2D eigenvalue weighted by molar-refractivity contribution is -0.0591. The summed E-state index contributed by atoms with van der Waals surface area (Å²) in [5, 5.41) is 13.2. The molecule has 2 fully saturated rings. The van der Waals surface area contributed by atoms with Gasteiger partial charge < -0.3 is 15.3 Å². The maximum Gasteiger partial charge on any atom is 0.317 e. The highest BCUT2D eigenvalue weighted by Crippen LogP contribution is 2.41. The highest BCUT2D eigenvalue weighted by atomic mass is 16.3. The number of fused-ring (bicyclic) bond motifs is 1. The molecule has 2 N–H and O–H groups in total. The lowest BCUT2D eigenvalue weighted by Crippen LogP contribution is -2.68. The molecule has 2 aromatic carbocycles. The van der Waals surface area contributed by atoms with Crippen LogP contribution in [0.15, 0.2) is 54.6 Å². The van der Waals surface area contributed by atoms with Crippen LogP contribution >= 0.6 is 0 Å². The standard InChI is InChI=1S/C27H33N3O2/c1-20(2)28-27(32)29-16-6-7-17-30-24(18-29)26(25(30)19-31)23-14-12-22(13-15-23)11-10-21-8-4-3-5-9-21/h3-5,8-9,12-15,20,24-26,31H,6-7,16-19H2,1-2H3,(H,28,32)/t24-,25+,26+/m0/s1. The first-order valence-electron chi connectivity index (χ1n) is 11.7. The van der Waals surface area contributed by atoms with Gasteiger partial charge in [-0.25, -0.2) is 4.79 Å². The third-order valence-electron chi connectivity index (χ3n) is 6.49. The molecule has 168 valence electrons. The molecule has 0 radical (unpaired) electrons. The molecule has 2 aromatic rings. The Kier molecular flexibility index (Phi) is 7.14. The molecule has 2 aliphatic heterocycles. The number of carbonyl (C=O) groups excluding carboxylic acids is 1. The van der Waals surface area contributed by atoms with Crippen LogP contribution in [0.3, 0.4) is 0 Å². The summed E-state index contributed by atoms with van der Waals surface area (Å²) in [6, 6.07) is 18.8. The fourth-order valence-corrected chi connectivity index (χ4v) is 4.92. The minimum Gasteiger partial charge on any atom is -0.395 e. The number of urea groups is 1. The van der Waals surface area contributed by atoms with Crippen LogP contribution in [0.1, 0.15) is 49.3 Å². The zero-order valence-corrected chi connectivity index (χ0v) is 19.0. The normalized spacial score (nSPS) is 23.2. The van der Waals surface area contributed by atoms with Gasteiger partial charge in [0.25, 0.3) is 0 Å². The van der Waals surface area contributed by atoms with Gasteiger partial charge in [0, 0.05) is 48.3 Å². The first-order chi connectivity index (χ1) is 15.6. The summed E-state index contributed by atoms with van der Waals surface area (Å²) in [6.45, 7) is 6.57. The molecule has 4 rings (SSSR count). The smallest absolute Gasteiger partial charge is 0.317 e. The quantitative estimate of drug-likeness (QED) is 0.732. The number of nitrogens with zero attached hydrogens (tertiary/aromatic N) is 2. The number of amides is 2. The van der Waals surface area contributed by atoms with E-state index in [4.69, 9.17) is 0 Å². The Labute approximate surface area is 191 Å². The summed E-state index contributed by atoms with van der Waals surface area (Å²) in [7, 11) is 0. The van der Waals surface area contributed by atoms with Crippen molar-refractivity contribution in [2.45, 2.75) is 50.7 Å². The predicted octanol–water partition coefficient (Wildman–Crippen LogP) is 3.43. The number of hydrogen-bond donors (Lipinski definition) is 2. The number of aliphatic hydroxyl groups excluding tert-OH is 1. The Bertz CT molecular complexity index is 962. The van der Waals surface area contributed by atoms with Crippen molar-refractivity contribution in [2.75, 3.05) is 26.2 Å². The number of rotatable bonds is 3. The molecule has 0 bridgehead atoms. The third-order valence-corrected chi connectivity index (χ3v) is 6.49. The molecule has 3 atom stereocenters. The van der Waals surface area contributed by atoms with Gasteiger partial charge in [0.05, 0.1) is 6.61 Å².